The predicted molar refractivity (Wildman–Crippen MR) is 42.1 cm³/mol. The molecule has 0 aromatic heterocycles. The monoisotopic (exact) mass is 160 g/mol. The largest absolute Gasteiger partial charge is 0.396 e. The maximum atomic E-state index is 8.51. The lowest BCUT2D eigenvalue weighted by Gasteiger charge is -2.27. The van der Waals surface area contributed by atoms with Gasteiger partial charge >= 0.3 is 0 Å². The fraction of sp³-hybridized carbons (Fsp3) is 1.00. The second-order valence-electron chi connectivity index (χ2n) is 2.58. The van der Waals surface area contributed by atoms with Crippen molar-refractivity contribution in [3.05, 3.63) is 0 Å². The Hall–Kier alpha value is -0.160. The van der Waals surface area contributed by atoms with Crippen molar-refractivity contribution in [2.24, 2.45) is 0 Å². The third-order valence-electron chi connectivity index (χ3n) is 1.68. The van der Waals surface area contributed by atoms with Crippen LogP contribution in [0.3, 0.4) is 0 Å². The van der Waals surface area contributed by atoms with E-state index in [1.54, 1.807) is 0 Å². The molecule has 0 spiro atoms. The van der Waals surface area contributed by atoms with Crippen LogP contribution in [-0.4, -0.2) is 49.6 Å². The van der Waals surface area contributed by atoms with E-state index in [9.17, 15) is 0 Å². The second-order valence-corrected chi connectivity index (χ2v) is 2.58. The van der Waals surface area contributed by atoms with Crippen molar-refractivity contribution in [3.8, 4) is 0 Å². The second kappa shape index (κ2) is 5.49. The summed E-state index contributed by atoms with van der Waals surface area (Å²) in [5.74, 6) is 0. The molecule has 0 aliphatic carbocycles. The molecular weight excluding hydrogens is 144 g/mol. The number of aliphatic hydroxyl groups excluding tert-OH is 1. The molecule has 0 atom stereocenters. The number of rotatable bonds is 4. The summed E-state index contributed by atoms with van der Waals surface area (Å²) in [4.78, 5) is 0. The van der Waals surface area contributed by atoms with Crippen LogP contribution < -0.4 is 5.43 Å². The summed E-state index contributed by atoms with van der Waals surface area (Å²) in [5.41, 5.74) is 3.22. The van der Waals surface area contributed by atoms with Crippen LogP contribution in [0.15, 0.2) is 0 Å². The molecule has 1 rings (SSSR count). The third-order valence-corrected chi connectivity index (χ3v) is 1.68. The minimum absolute atomic E-state index is 0.261. The van der Waals surface area contributed by atoms with Gasteiger partial charge < -0.3 is 9.84 Å². The SMILES string of the molecule is OCCCNN1CCOCC1. The zero-order chi connectivity index (χ0) is 7.94. The molecule has 1 saturated heterocycles. The van der Waals surface area contributed by atoms with Gasteiger partial charge in [-0.05, 0) is 6.42 Å². The van der Waals surface area contributed by atoms with Crippen LogP contribution in [0.2, 0.25) is 0 Å². The van der Waals surface area contributed by atoms with E-state index in [4.69, 9.17) is 9.84 Å². The van der Waals surface area contributed by atoms with Crippen molar-refractivity contribution in [1.82, 2.24) is 10.4 Å². The van der Waals surface area contributed by atoms with Gasteiger partial charge in [0.1, 0.15) is 0 Å². The summed E-state index contributed by atoms with van der Waals surface area (Å²) >= 11 is 0. The molecule has 1 aliphatic heterocycles. The highest BCUT2D eigenvalue weighted by molar-refractivity contribution is 4.56. The Labute approximate surface area is 67.1 Å². The first-order chi connectivity index (χ1) is 5.43. The summed E-state index contributed by atoms with van der Waals surface area (Å²) < 4.78 is 5.17. The molecule has 2 N–H and O–H groups in total. The number of hydrogen-bond donors (Lipinski definition) is 2. The molecule has 11 heavy (non-hydrogen) atoms. The summed E-state index contributed by atoms with van der Waals surface area (Å²) in [5, 5.41) is 10.7. The average Bonchev–Trinajstić information content (AvgIpc) is 2.07. The maximum Gasteiger partial charge on any atom is 0.0608 e. The van der Waals surface area contributed by atoms with Crippen LogP contribution in [-0.2, 0) is 4.74 Å². The first kappa shape index (κ1) is 8.93. The number of hydrogen-bond acceptors (Lipinski definition) is 4. The van der Waals surface area contributed by atoms with E-state index in [-0.39, 0.29) is 6.61 Å². The van der Waals surface area contributed by atoms with Gasteiger partial charge in [-0.2, -0.15) is 0 Å². The van der Waals surface area contributed by atoms with E-state index in [1.807, 2.05) is 0 Å². The van der Waals surface area contributed by atoms with Crippen LogP contribution in [0.4, 0.5) is 0 Å². The van der Waals surface area contributed by atoms with E-state index in [0.29, 0.717) is 0 Å². The number of aliphatic hydroxyl groups is 1. The highest BCUT2D eigenvalue weighted by atomic mass is 16.5. The van der Waals surface area contributed by atoms with Gasteiger partial charge in [0.15, 0.2) is 0 Å². The molecule has 0 aromatic carbocycles. The van der Waals surface area contributed by atoms with Gasteiger partial charge in [-0.3, -0.25) is 5.43 Å². The molecule has 1 fully saturated rings. The van der Waals surface area contributed by atoms with E-state index in [0.717, 1.165) is 39.3 Å². The number of nitrogens with one attached hydrogen (secondary N) is 1. The highest BCUT2D eigenvalue weighted by Gasteiger charge is 2.07. The third kappa shape index (κ3) is 3.67. The quantitative estimate of drug-likeness (QED) is 0.529. The van der Waals surface area contributed by atoms with E-state index in [1.165, 1.54) is 0 Å². The lowest BCUT2D eigenvalue weighted by atomic mass is 10.4. The van der Waals surface area contributed by atoms with Crippen molar-refractivity contribution in [2.45, 2.75) is 6.42 Å². The number of nitrogens with zero attached hydrogens (tertiary/aromatic N) is 1. The van der Waals surface area contributed by atoms with Gasteiger partial charge in [-0.15, -0.1) is 0 Å². The van der Waals surface area contributed by atoms with Gasteiger partial charge in [0, 0.05) is 26.2 Å². The van der Waals surface area contributed by atoms with Crippen molar-refractivity contribution < 1.29 is 9.84 Å². The molecule has 0 unspecified atom stereocenters. The number of hydrazine groups is 1. The molecule has 0 amide bonds. The average molecular weight is 160 g/mol. The van der Waals surface area contributed by atoms with Gasteiger partial charge in [-0.25, -0.2) is 5.01 Å². The van der Waals surface area contributed by atoms with Crippen molar-refractivity contribution >= 4 is 0 Å². The summed E-state index contributed by atoms with van der Waals surface area (Å²) in [6, 6.07) is 0. The molecule has 1 heterocycles. The van der Waals surface area contributed by atoms with Gasteiger partial charge in [0.25, 0.3) is 0 Å². The summed E-state index contributed by atoms with van der Waals surface area (Å²) in [6.45, 7) is 4.64. The first-order valence-corrected chi connectivity index (χ1v) is 4.10. The Morgan fingerprint density at radius 1 is 1.36 bits per heavy atom. The molecule has 0 bridgehead atoms. The summed E-state index contributed by atoms with van der Waals surface area (Å²) in [7, 11) is 0. The molecule has 4 nitrogen and oxygen atoms in total. The number of morpholine rings is 1. The van der Waals surface area contributed by atoms with Crippen LogP contribution in [0.5, 0.6) is 0 Å². The van der Waals surface area contributed by atoms with Crippen LogP contribution in [0.25, 0.3) is 0 Å². The topological polar surface area (TPSA) is 44.7 Å². The van der Waals surface area contributed by atoms with Gasteiger partial charge in [0.2, 0.25) is 0 Å². The van der Waals surface area contributed by atoms with E-state index >= 15 is 0 Å². The molecule has 0 radical (unpaired) electrons. The fourth-order valence-electron chi connectivity index (χ4n) is 1.04. The predicted octanol–water partition coefficient (Wildman–Crippen LogP) is -0.794. The zero-order valence-electron chi connectivity index (χ0n) is 6.75. The smallest absolute Gasteiger partial charge is 0.0608 e. The highest BCUT2D eigenvalue weighted by Crippen LogP contribution is 1.91. The van der Waals surface area contributed by atoms with Crippen LogP contribution in [0, 0.1) is 0 Å². The zero-order valence-corrected chi connectivity index (χ0v) is 6.75. The Balaban J connectivity index is 1.96. The van der Waals surface area contributed by atoms with Crippen molar-refractivity contribution in [3.63, 3.8) is 0 Å². The Morgan fingerprint density at radius 2 is 2.09 bits per heavy atom. The first-order valence-electron chi connectivity index (χ1n) is 4.10. The van der Waals surface area contributed by atoms with Crippen molar-refractivity contribution in [2.75, 3.05) is 39.5 Å². The lowest BCUT2D eigenvalue weighted by molar-refractivity contribution is 0.0112. The van der Waals surface area contributed by atoms with Crippen LogP contribution in [0.1, 0.15) is 6.42 Å². The van der Waals surface area contributed by atoms with E-state index < -0.39 is 0 Å². The Bertz CT molecular complexity index is 94.4. The van der Waals surface area contributed by atoms with Crippen molar-refractivity contribution in [1.29, 1.82) is 0 Å². The Morgan fingerprint density at radius 3 is 2.73 bits per heavy atom. The number of ether oxygens (including phenoxy) is 1. The summed E-state index contributed by atoms with van der Waals surface area (Å²) in [6.07, 6.45) is 0.817. The minimum Gasteiger partial charge on any atom is -0.396 e. The fourth-order valence-corrected chi connectivity index (χ4v) is 1.04. The van der Waals surface area contributed by atoms with Crippen LogP contribution >= 0.6 is 0 Å². The molecule has 0 aromatic rings. The standard InChI is InChI=1S/C7H16N2O2/c10-5-1-2-8-9-3-6-11-7-4-9/h8,10H,1-7H2. The normalized spacial score (nSPS) is 20.5. The minimum atomic E-state index is 0.261. The molecule has 1 aliphatic rings. The lowest BCUT2D eigenvalue weighted by Crippen LogP contribution is -2.46. The van der Waals surface area contributed by atoms with Gasteiger partial charge in [-0.1, -0.05) is 0 Å². The van der Waals surface area contributed by atoms with Gasteiger partial charge in [0.05, 0.1) is 13.2 Å². The maximum absolute atomic E-state index is 8.51. The molecule has 66 valence electrons. The molecule has 0 saturated carbocycles. The van der Waals surface area contributed by atoms with E-state index in [2.05, 4.69) is 10.4 Å². The molecule has 4 heteroatoms. The molecular formula is C7H16N2O2. The Kier molecular flexibility index (Phi) is 4.45.